The van der Waals surface area contributed by atoms with Crippen LogP contribution in [0.1, 0.15) is 67.9 Å². The second-order valence-electron chi connectivity index (χ2n) is 10.8. The number of para-hydroxylation sites is 1. The fraction of sp³-hybridized carbons (Fsp3) is 0.344. The first-order valence-electron chi connectivity index (χ1n) is 13.3. The highest BCUT2D eigenvalue weighted by atomic mass is 35.5. The fourth-order valence-corrected chi connectivity index (χ4v) is 5.27. The highest BCUT2D eigenvalue weighted by Gasteiger charge is 2.39. The lowest BCUT2D eigenvalue weighted by Gasteiger charge is -2.40. The number of carboxylic acids is 1. The standard InChI is InChI=1S/C32H35ClN2O4/c1-5-34(25-16-14-24(33)15-17-25)30(37)27-20-21(2)35(28-9-7-6-8-26(27)28)29(36)23-12-10-22(11-13-23)18-19-32(3,4)31(38)39/h6-17,21,27H,5,18-20H2,1-4H3,(H,38,39)/t21-,27-/m0/s1. The maximum Gasteiger partial charge on any atom is 0.309 e. The third-order valence-corrected chi connectivity index (χ3v) is 7.90. The number of aliphatic carboxylic acids is 1. The summed E-state index contributed by atoms with van der Waals surface area (Å²) in [5.41, 5.74) is 3.12. The van der Waals surface area contributed by atoms with Gasteiger partial charge in [0.05, 0.1) is 11.3 Å². The molecule has 3 aromatic carbocycles. The predicted molar refractivity (Wildman–Crippen MR) is 156 cm³/mol. The Morgan fingerprint density at radius 3 is 2.26 bits per heavy atom. The average molecular weight is 547 g/mol. The molecule has 1 N–H and O–H groups in total. The Hall–Kier alpha value is -3.64. The summed E-state index contributed by atoms with van der Waals surface area (Å²) in [4.78, 5) is 42.6. The molecule has 4 rings (SSSR count). The number of halogens is 1. The molecule has 1 aliphatic rings. The van der Waals surface area contributed by atoms with Gasteiger partial charge in [0.2, 0.25) is 5.91 Å². The van der Waals surface area contributed by atoms with Crippen molar-refractivity contribution in [2.75, 3.05) is 16.3 Å². The van der Waals surface area contributed by atoms with Crippen molar-refractivity contribution in [1.82, 2.24) is 0 Å². The first-order valence-corrected chi connectivity index (χ1v) is 13.7. The quantitative estimate of drug-likeness (QED) is 0.331. The summed E-state index contributed by atoms with van der Waals surface area (Å²) in [6, 6.07) is 22.1. The molecule has 39 heavy (non-hydrogen) atoms. The van der Waals surface area contributed by atoms with E-state index in [0.29, 0.717) is 36.4 Å². The van der Waals surface area contributed by atoms with E-state index in [0.717, 1.165) is 22.5 Å². The van der Waals surface area contributed by atoms with E-state index < -0.39 is 11.4 Å². The number of aryl methyl sites for hydroxylation is 1. The summed E-state index contributed by atoms with van der Waals surface area (Å²) in [7, 11) is 0. The van der Waals surface area contributed by atoms with Gasteiger partial charge in [-0.05, 0) is 101 Å². The van der Waals surface area contributed by atoms with Crippen molar-refractivity contribution in [2.24, 2.45) is 5.41 Å². The zero-order chi connectivity index (χ0) is 28.3. The summed E-state index contributed by atoms with van der Waals surface area (Å²) in [6.45, 7) is 7.89. The molecule has 0 saturated heterocycles. The summed E-state index contributed by atoms with van der Waals surface area (Å²) >= 11 is 6.06. The molecule has 204 valence electrons. The summed E-state index contributed by atoms with van der Waals surface area (Å²) in [5, 5.41) is 9.99. The van der Waals surface area contributed by atoms with Crippen LogP contribution < -0.4 is 9.80 Å². The van der Waals surface area contributed by atoms with E-state index in [4.69, 9.17) is 11.6 Å². The van der Waals surface area contributed by atoms with Gasteiger partial charge in [0.15, 0.2) is 0 Å². The van der Waals surface area contributed by atoms with Gasteiger partial charge in [0.1, 0.15) is 0 Å². The zero-order valence-electron chi connectivity index (χ0n) is 22.9. The molecule has 1 aliphatic heterocycles. The van der Waals surface area contributed by atoms with Crippen molar-refractivity contribution < 1.29 is 19.5 Å². The van der Waals surface area contributed by atoms with Crippen LogP contribution in [0, 0.1) is 5.41 Å². The smallest absolute Gasteiger partial charge is 0.309 e. The van der Waals surface area contributed by atoms with Crippen molar-refractivity contribution in [3.05, 3.63) is 94.5 Å². The van der Waals surface area contributed by atoms with E-state index in [9.17, 15) is 19.5 Å². The molecule has 7 heteroatoms. The Morgan fingerprint density at radius 1 is 1.00 bits per heavy atom. The maximum atomic E-state index is 13.8. The first kappa shape index (κ1) is 28.4. The highest BCUT2D eigenvalue weighted by molar-refractivity contribution is 6.30. The lowest BCUT2D eigenvalue weighted by Crippen LogP contribution is -2.46. The maximum absolute atomic E-state index is 13.8. The van der Waals surface area contributed by atoms with Crippen LogP contribution in [0.5, 0.6) is 0 Å². The van der Waals surface area contributed by atoms with Crippen molar-refractivity contribution in [3.8, 4) is 0 Å². The topological polar surface area (TPSA) is 77.9 Å². The van der Waals surface area contributed by atoms with Gasteiger partial charge < -0.3 is 14.9 Å². The second-order valence-corrected chi connectivity index (χ2v) is 11.3. The molecule has 0 saturated carbocycles. The van der Waals surface area contributed by atoms with Gasteiger partial charge in [-0.25, -0.2) is 0 Å². The number of rotatable bonds is 8. The Balaban J connectivity index is 1.57. The normalized spacial score (nSPS) is 16.9. The van der Waals surface area contributed by atoms with E-state index in [1.165, 1.54) is 0 Å². The van der Waals surface area contributed by atoms with Gasteiger partial charge in [0, 0.05) is 34.5 Å². The molecular weight excluding hydrogens is 512 g/mol. The number of fused-ring (bicyclic) bond motifs is 1. The number of carbonyl (C=O) groups excluding carboxylic acids is 2. The minimum Gasteiger partial charge on any atom is -0.481 e. The Kier molecular flexibility index (Phi) is 8.45. The van der Waals surface area contributed by atoms with Gasteiger partial charge in [-0.2, -0.15) is 0 Å². The summed E-state index contributed by atoms with van der Waals surface area (Å²) in [5.74, 6) is -1.32. The number of carbonyl (C=O) groups is 3. The molecule has 0 aliphatic carbocycles. The predicted octanol–water partition coefficient (Wildman–Crippen LogP) is 6.96. The molecule has 1 heterocycles. The number of benzene rings is 3. The van der Waals surface area contributed by atoms with Crippen LogP contribution in [0.4, 0.5) is 11.4 Å². The molecule has 2 amide bonds. The van der Waals surface area contributed by atoms with Gasteiger partial charge in [-0.3, -0.25) is 14.4 Å². The largest absolute Gasteiger partial charge is 0.481 e. The van der Waals surface area contributed by atoms with Crippen molar-refractivity contribution >= 4 is 40.8 Å². The number of amides is 2. The number of hydrogen-bond donors (Lipinski definition) is 1. The molecule has 0 radical (unpaired) electrons. The van der Waals surface area contributed by atoms with E-state index in [-0.39, 0.29) is 23.8 Å². The van der Waals surface area contributed by atoms with Crippen LogP contribution >= 0.6 is 11.6 Å². The van der Waals surface area contributed by atoms with Gasteiger partial charge in [-0.1, -0.05) is 41.9 Å². The highest BCUT2D eigenvalue weighted by Crippen LogP contribution is 2.41. The SMILES string of the molecule is CCN(C(=O)[C@H]1C[C@H](C)N(C(=O)c2ccc(CCC(C)(C)C(=O)O)cc2)c2ccccc21)c1ccc(Cl)cc1. The van der Waals surface area contributed by atoms with Crippen molar-refractivity contribution in [1.29, 1.82) is 0 Å². The van der Waals surface area contributed by atoms with Crippen LogP contribution in [0.25, 0.3) is 0 Å². The number of hydrogen-bond acceptors (Lipinski definition) is 3. The molecule has 0 unspecified atom stereocenters. The van der Waals surface area contributed by atoms with Crippen LogP contribution in [-0.4, -0.2) is 35.5 Å². The third kappa shape index (κ3) is 6.01. The van der Waals surface area contributed by atoms with E-state index in [2.05, 4.69) is 0 Å². The molecule has 3 aromatic rings. The molecule has 0 aromatic heterocycles. The van der Waals surface area contributed by atoms with Crippen molar-refractivity contribution in [3.63, 3.8) is 0 Å². The van der Waals surface area contributed by atoms with Crippen LogP contribution in [0.3, 0.4) is 0 Å². The summed E-state index contributed by atoms with van der Waals surface area (Å²) in [6.07, 6.45) is 1.63. The first-order chi connectivity index (χ1) is 18.5. The monoisotopic (exact) mass is 546 g/mol. The number of nitrogens with zero attached hydrogens (tertiary/aromatic N) is 2. The van der Waals surface area contributed by atoms with E-state index in [1.807, 2.05) is 62.4 Å². The zero-order valence-corrected chi connectivity index (χ0v) is 23.6. The lowest BCUT2D eigenvalue weighted by molar-refractivity contribution is -0.147. The van der Waals surface area contributed by atoms with Gasteiger partial charge in [0.25, 0.3) is 5.91 Å². The molecule has 0 bridgehead atoms. The Labute approximate surface area is 235 Å². The van der Waals surface area contributed by atoms with Crippen LogP contribution in [0.2, 0.25) is 5.02 Å². The average Bonchev–Trinajstić information content (AvgIpc) is 2.92. The lowest BCUT2D eigenvalue weighted by atomic mass is 9.84. The summed E-state index contributed by atoms with van der Waals surface area (Å²) < 4.78 is 0. The molecule has 2 atom stereocenters. The number of carboxylic acid groups (broad SMARTS) is 1. The minimum atomic E-state index is -0.820. The Morgan fingerprint density at radius 2 is 1.64 bits per heavy atom. The third-order valence-electron chi connectivity index (χ3n) is 7.65. The van der Waals surface area contributed by atoms with E-state index >= 15 is 0 Å². The van der Waals surface area contributed by atoms with E-state index in [1.54, 1.807) is 47.9 Å². The number of likely N-dealkylation sites (N-methyl/N-ethyl adjacent to an activating group) is 1. The molecule has 0 spiro atoms. The van der Waals surface area contributed by atoms with Crippen LogP contribution in [0.15, 0.2) is 72.8 Å². The van der Waals surface area contributed by atoms with Gasteiger partial charge in [-0.15, -0.1) is 0 Å². The van der Waals surface area contributed by atoms with Gasteiger partial charge >= 0.3 is 5.97 Å². The fourth-order valence-electron chi connectivity index (χ4n) is 5.15. The number of anilines is 2. The van der Waals surface area contributed by atoms with Crippen molar-refractivity contribution in [2.45, 2.75) is 58.9 Å². The Bertz CT molecular complexity index is 1350. The molecule has 0 fully saturated rings. The molecule has 6 nitrogen and oxygen atoms in total. The minimum absolute atomic E-state index is 0.000130. The molecular formula is C32H35ClN2O4. The second kappa shape index (κ2) is 11.6. The van der Waals surface area contributed by atoms with Crippen LogP contribution in [-0.2, 0) is 16.0 Å².